The number of nitrogens with one attached hydrogen (secondary N) is 1. The first kappa shape index (κ1) is 13.2. The number of hydrogen-bond donors (Lipinski definition) is 2. The number of aromatic amines is 1. The van der Waals surface area contributed by atoms with Crippen LogP contribution in [-0.2, 0) is 19.1 Å². The molecule has 0 amide bonds. The van der Waals surface area contributed by atoms with Crippen molar-refractivity contribution in [3.63, 3.8) is 0 Å². The van der Waals surface area contributed by atoms with Crippen LogP contribution in [0, 0.1) is 0 Å². The fourth-order valence-corrected chi connectivity index (χ4v) is 2.18. The van der Waals surface area contributed by atoms with Gasteiger partial charge in [0, 0.05) is 24.8 Å². The van der Waals surface area contributed by atoms with E-state index < -0.39 is 17.7 Å². The van der Waals surface area contributed by atoms with Crippen LogP contribution in [0.25, 0.3) is 17.0 Å². The Kier molecular flexibility index (Phi) is 2.76. The summed E-state index contributed by atoms with van der Waals surface area (Å²) in [4.78, 5) is 26.7. The molecule has 2 heterocycles. The fraction of sp³-hybridized carbons (Fsp3) is 0.200. The first-order chi connectivity index (χ1) is 9.87. The van der Waals surface area contributed by atoms with Gasteiger partial charge >= 0.3 is 11.9 Å². The highest BCUT2D eigenvalue weighted by Gasteiger charge is 2.39. The Bertz CT molecular complexity index is 762. The minimum atomic E-state index is -1.28. The Morgan fingerprint density at radius 2 is 1.76 bits per heavy atom. The molecule has 0 radical (unpaired) electrons. The Labute approximate surface area is 120 Å². The monoisotopic (exact) mass is 287 g/mol. The van der Waals surface area contributed by atoms with Crippen LogP contribution in [0.1, 0.15) is 19.5 Å². The molecule has 2 N–H and O–H groups in total. The molecule has 2 aromatic rings. The van der Waals surface area contributed by atoms with Crippen molar-refractivity contribution < 1.29 is 24.2 Å². The molecule has 0 spiro atoms. The summed E-state index contributed by atoms with van der Waals surface area (Å²) in [5.41, 5.74) is 0.677. The standard InChI is InChI=1S/C15H13NO5/c1-15(2)20-13(18)9(14(19)21-15)7-11-12(17)8-5-3-4-6-10(8)16-11/h3-7,16-17H,1-2H3. The first-order valence-electron chi connectivity index (χ1n) is 6.35. The van der Waals surface area contributed by atoms with Gasteiger partial charge in [-0.15, -0.1) is 0 Å². The molecule has 1 aliphatic rings. The number of para-hydroxylation sites is 1. The molecule has 1 saturated heterocycles. The lowest BCUT2D eigenvalue weighted by atomic mass is 10.1. The topological polar surface area (TPSA) is 88.6 Å². The van der Waals surface area contributed by atoms with Crippen LogP contribution in [0.4, 0.5) is 0 Å². The van der Waals surface area contributed by atoms with Crippen molar-refractivity contribution in [2.24, 2.45) is 0 Å². The normalized spacial score (nSPS) is 17.5. The van der Waals surface area contributed by atoms with Crippen molar-refractivity contribution in [2.45, 2.75) is 19.6 Å². The quantitative estimate of drug-likeness (QED) is 0.476. The Hall–Kier alpha value is -2.76. The summed E-state index contributed by atoms with van der Waals surface area (Å²) in [6.07, 6.45) is 1.23. The zero-order valence-corrected chi connectivity index (χ0v) is 11.5. The third-order valence-electron chi connectivity index (χ3n) is 3.11. The molecule has 1 aliphatic heterocycles. The van der Waals surface area contributed by atoms with Crippen molar-refractivity contribution in [3.05, 3.63) is 35.5 Å². The van der Waals surface area contributed by atoms with Gasteiger partial charge in [-0.1, -0.05) is 12.1 Å². The second-order valence-corrected chi connectivity index (χ2v) is 5.17. The maximum atomic E-state index is 11.9. The summed E-state index contributed by atoms with van der Waals surface area (Å²) in [7, 11) is 0. The molecular formula is C15H13NO5. The van der Waals surface area contributed by atoms with Crippen LogP contribution < -0.4 is 0 Å². The van der Waals surface area contributed by atoms with Crippen LogP contribution in [0.5, 0.6) is 5.75 Å². The van der Waals surface area contributed by atoms with E-state index in [2.05, 4.69) is 4.98 Å². The van der Waals surface area contributed by atoms with Gasteiger partial charge in [0.2, 0.25) is 0 Å². The summed E-state index contributed by atoms with van der Waals surface area (Å²) in [5.74, 6) is -2.89. The molecule has 108 valence electrons. The molecular weight excluding hydrogens is 274 g/mol. The minimum absolute atomic E-state index is 0.0384. The van der Waals surface area contributed by atoms with E-state index in [1.165, 1.54) is 19.9 Å². The van der Waals surface area contributed by atoms with E-state index in [4.69, 9.17) is 9.47 Å². The van der Waals surface area contributed by atoms with Gasteiger partial charge in [-0.3, -0.25) is 0 Å². The Morgan fingerprint density at radius 3 is 2.38 bits per heavy atom. The highest BCUT2D eigenvalue weighted by atomic mass is 16.7. The fourth-order valence-electron chi connectivity index (χ4n) is 2.18. The summed E-state index contributed by atoms with van der Waals surface area (Å²) >= 11 is 0. The maximum Gasteiger partial charge on any atom is 0.348 e. The van der Waals surface area contributed by atoms with Crippen molar-refractivity contribution in [1.29, 1.82) is 0 Å². The lowest BCUT2D eigenvalue weighted by molar-refractivity contribution is -0.222. The molecule has 0 unspecified atom stereocenters. The molecule has 6 heteroatoms. The van der Waals surface area contributed by atoms with Crippen LogP contribution in [0.2, 0.25) is 0 Å². The molecule has 0 atom stereocenters. The van der Waals surface area contributed by atoms with Crippen LogP contribution in [0.15, 0.2) is 29.8 Å². The number of hydrogen-bond acceptors (Lipinski definition) is 5. The van der Waals surface area contributed by atoms with Gasteiger partial charge in [-0.05, 0) is 18.2 Å². The van der Waals surface area contributed by atoms with Gasteiger partial charge in [0.25, 0.3) is 5.79 Å². The van der Waals surface area contributed by atoms with Crippen molar-refractivity contribution in [3.8, 4) is 5.75 Å². The van der Waals surface area contributed by atoms with Gasteiger partial charge in [-0.25, -0.2) is 9.59 Å². The second-order valence-electron chi connectivity index (χ2n) is 5.17. The molecule has 0 bridgehead atoms. The maximum absolute atomic E-state index is 11.9. The zero-order chi connectivity index (χ0) is 15.2. The number of rotatable bonds is 1. The van der Waals surface area contributed by atoms with Crippen molar-refractivity contribution >= 4 is 28.9 Å². The van der Waals surface area contributed by atoms with E-state index in [1.54, 1.807) is 24.3 Å². The SMILES string of the molecule is CC1(C)OC(=O)C(=Cc2[nH]c3ccccc3c2O)C(=O)O1. The molecule has 3 rings (SSSR count). The van der Waals surface area contributed by atoms with Gasteiger partial charge in [-0.2, -0.15) is 0 Å². The van der Waals surface area contributed by atoms with Gasteiger partial charge in [0.05, 0.1) is 5.69 Å². The number of esters is 2. The molecule has 1 aromatic heterocycles. The van der Waals surface area contributed by atoms with E-state index in [9.17, 15) is 14.7 Å². The van der Waals surface area contributed by atoms with Crippen molar-refractivity contribution in [1.82, 2.24) is 4.98 Å². The van der Waals surface area contributed by atoms with Crippen LogP contribution >= 0.6 is 0 Å². The predicted molar refractivity (Wildman–Crippen MR) is 74.2 cm³/mol. The van der Waals surface area contributed by atoms with E-state index in [0.29, 0.717) is 10.9 Å². The lowest BCUT2D eigenvalue weighted by Crippen LogP contribution is -2.41. The number of aromatic hydroxyl groups is 1. The number of fused-ring (bicyclic) bond motifs is 1. The number of ether oxygens (including phenoxy) is 2. The van der Waals surface area contributed by atoms with Crippen LogP contribution in [0.3, 0.4) is 0 Å². The molecule has 21 heavy (non-hydrogen) atoms. The number of H-pyrrole nitrogens is 1. The average Bonchev–Trinajstić information content (AvgIpc) is 2.70. The lowest BCUT2D eigenvalue weighted by Gasteiger charge is -2.29. The highest BCUT2D eigenvalue weighted by molar-refractivity contribution is 6.19. The van der Waals surface area contributed by atoms with Crippen LogP contribution in [-0.4, -0.2) is 27.8 Å². The second kappa shape index (κ2) is 4.37. The van der Waals surface area contributed by atoms with Gasteiger partial charge < -0.3 is 19.6 Å². The average molecular weight is 287 g/mol. The smallest absolute Gasteiger partial charge is 0.348 e. The number of aromatic nitrogens is 1. The molecule has 0 aliphatic carbocycles. The summed E-state index contributed by atoms with van der Waals surface area (Å²) in [6.45, 7) is 2.94. The van der Waals surface area contributed by atoms with Gasteiger partial charge in [0.1, 0.15) is 11.3 Å². The highest BCUT2D eigenvalue weighted by Crippen LogP contribution is 2.31. The minimum Gasteiger partial charge on any atom is -0.505 e. The molecule has 1 aromatic carbocycles. The Balaban J connectivity index is 2.06. The number of cyclic esters (lactones) is 2. The number of carbonyl (C=O) groups is 2. The summed E-state index contributed by atoms with van der Waals surface area (Å²) in [5, 5.41) is 10.7. The van der Waals surface area contributed by atoms with Crippen molar-refractivity contribution in [2.75, 3.05) is 0 Å². The summed E-state index contributed by atoms with van der Waals surface area (Å²) in [6, 6.07) is 7.08. The largest absolute Gasteiger partial charge is 0.505 e. The van der Waals surface area contributed by atoms with E-state index in [0.717, 1.165) is 0 Å². The first-order valence-corrected chi connectivity index (χ1v) is 6.35. The number of benzene rings is 1. The number of carbonyl (C=O) groups excluding carboxylic acids is 2. The van der Waals surface area contributed by atoms with Gasteiger partial charge in [0.15, 0.2) is 0 Å². The van der Waals surface area contributed by atoms with E-state index in [1.807, 2.05) is 0 Å². The van der Waals surface area contributed by atoms with E-state index >= 15 is 0 Å². The molecule has 1 fully saturated rings. The predicted octanol–water partition coefficient (Wildman–Crippen LogP) is 2.09. The summed E-state index contributed by atoms with van der Waals surface area (Å²) < 4.78 is 9.99. The Morgan fingerprint density at radius 1 is 1.14 bits per heavy atom. The van der Waals surface area contributed by atoms with E-state index in [-0.39, 0.29) is 17.0 Å². The third-order valence-corrected chi connectivity index (χ3v) is 3.11. The third kappa shape index (κ3) is 2.24. The zero-order valence-electron chi connectivity index (χ0n) is 11.5. The molecule has 0 saturated carbocycles. The molecule has 6 nitrogen and oxygen atoms in total.